The van der Waals surface area contributed by atoms with Gasteiger partial charge >= 0.3 is 0 Å². The molecule has 2 heterocycles. The van der Waals surface area contributed by atoms with Crippen LogP contribution in [0.1, 0.15) is 10.4 Å². The van der Waals surface area contributed by atoms with Gasteiger partial charge in [-0.2, -0.15) is 5.10 Å². The minimum absolute atomic E-state index is 0.299. The minimum atomic E-state index is -0.299. The van der Waals surface area contributed by atoms with Gasteiger partial charge in [0.05, 0.1) is 18.4 Å². The molecular formula is C19H15N5O2S. The third-order valence-corrected chi connectivity index (χ3v) is 4.51. The number of carbonyl (C=O) groups excluding carboxylic acids is 1. The van der Waals surface area contributed by atoms with E-state index in [-0.39, 0.29) is 5.91 Å². The number of anilines is 1. The highest BCUT2D eigenvalue weighted by Crippen LogP contribution is 2.27. The molecule has 27 heavy (non-hydrogen) atoms. The molecule has 1 amide bonds. The van der Waals surface area contributed by atoms with Crippen LogP contribution in [0.3, 0.4) is 0 Å². The predicted molar refractivity (Wildman–Crippen MR) is 103 cm³/mol. The monoisotopic (exact) mass is 377 g/mol. The number of nitrogens with one attached hydrogen (secondary N) is 1. The van der Waals surface area contributed by atoms with E-state index in [0.29, 0.717) is 22.1 Å². The Morgan fingerprint density at radius 3 is 2.74 bits per heavy atom. The summed E-state index contributed by atoms with van der Waals surface area (Å²) in [5.74, 6) is 0.393. The molecule has 2 aromatic heterocycles. The number of ether oxygens (including phenoxy) is 1. The van der Waals surface area contributed by atoms with E-state index in [1.54, 1.807) is 23.5 Å². The van der Waals surface area contributed by atoms with Crippen molar-refractivity contribution < 1.29 is 9.53 Å². The zero-order valence-electron chi connectivity index (χ0n) is 14.4. The molecule has 4 rings (SSSR count). The van der Waals surface area contributed by atoms with Crippen molar-refractivity contribution in [2.75, 3.05) is 12.4 Å². The molecule has 0 spiro atoms. The van der Waals surface area contributed by atoms with Crippen molar-refractivity contribution in [2.24, 2.45) is 0 Å². The van der Waals surface area contributed by atoms with Crippen molar-refractivity contribution in [1.29, 1.82) is 0 Å². The van der Waals surface area contributed by atoms with Crippen LogP contribution in [-0.4, -0.2) is 33.0 Å². The quantitative estimate of drug-likeness (QED) is 0.574. The van der Waals surface area contributed by atoms with Crippen molar-refractivity contribution in [1.82, 2.24) is 20.0 Å². The highest BCUT2D eigenvalue weighted by molar-refractivity contribution is 7.13. The number of para-hydroxylation sites is 1. The molecule has 8 heteroatoms. The van der Waals surface area contributed by atoms with E-state index in [1.165, 1.54) is 11.3 Å². The van der Waals surface area contributed by atoms with Crippen LogP contribution in [0.4, 0.5) is 5.13 Å². The highest BCUT2D eigenvalue weighted by Gasteiger charge is 2.20. The highest BCUT2D eigenvalue weighted by atomic mass is 32.1. The molecule has 0 atom stereocenters. The van der Waals surface area contributed by atoms with Crippen molar-refractivity contribution in [3.63, 3.8) is 0 Å². The van der Waals surface area contributed by atoms with Gasteiger partial charge < -0.3 is 4.74 Å². The summed E-state index contributed by atoms with van der Waals surface area (Å²) in [4.78, 5) is 12.8. The largest absolute Gasteiger partial charge is 0.497 e. The molecule has 0 saturated heterocycles. The molecule has 134 valence electrons. The Morgan fingerprint density at radius 2 is 2.00 bits per heavy atom. The first-order chi connectivity index (χ1) is 13.2. The van der Waals surface area contributed by atoms with E-state index in [4.69, 9.17) is 4.74 Å². The molecular weight excluding hydrogens is 362 g/mol. The standard InChI is InChI=1S/C19H15N5O2S/c1-26-15-9-5-6-13(10-15)17-16(18(25)21-19-22-20-12-27-19)11-24(23-17)14-7-3-2-4-8-14/h2-12H,1H3,(H,21,22,25). The van der Waals surface area contributed by atoms with Gasteiger partial charge in [-0.25, -0.2) is 4.68 Å². The second-order valence-electron chi connectivity index (χ2n) is 5.60. The summed E-state index contributed by atoms with van der Waals surface area (Å²) in [5, 5.41) is 15.4. The summed E-state index contributed by atoms with van der Waals surface area (Å²) in [7, 11) is 1.60. The molecule has 0 aliphatic heterocycles. The maximum absolute atomic E-state index is 12.8. The van der Waals surface area contributed by atoms with E-state index in [1.807, 2.05) is 54.6 Å². The van der Waals surface area contributed by atoms with E-state index < -0.39 is 0 Å². The predicted octanol–water partition coefficient (Wildman–Crippen LogP) is 3.65. The second kappa shape index (κ2) is 7.38. The van der Waals surface area contributed by atoms with Gasteiger partial charge in [-0.05, 0) is 24.3 Å². The summed E-state index contributed by atoms with van der Waals surface area (Å²) in [6.07, 6.45) is 1.71. The summed E-state index contributed by atoms with van der Waals surface area (Å²) >= 11 is 1.26. The van der Waals surface area contributed by atoms with Crippen LogP contribution in [0, 0.1) is 0 Å². The number of hydrogen-bond acceptors (Lipinski definition) is 6. The van der Waals surface area contributed by atoms with Gasteiger partial charge in [0, 0.05) is 11.8 Å². The first-order valence-electron chi connectivity index (χ1n) is 8.11. The molecule has 0 saturated carbocycles. The van der Waals surface area contributed by atoms with Gasteiger partial charge in [-0.15, -0.1) is 10.2 Å². The van der Waals surface area contributed by atoms with Gasteiger partial charge in [0.25, 0.3) is 5.91 Å². The third-order valence-electron chi connectivity index (χ3n) is 3.90. The van der Waals surface area contributed by atoms with Crippen LogP contribution in [-0.2, 0) is 0 Å². The Labute approximate surface area is 159 Å². The van der Waals surface area contributed by atoms with Crippen molar-refractivity contribution >= 4 is 22.4 Å². The Morgan fingerprint density at radius 1 is 1.15 bits per heavy atom. The number of amides is 1. The number of benzene rings is 2. The number of methoxy groups -OCH3 is 1. The fourth-order valence-electron chi connectivity index (χ4n) is 2.63. The molecule has 0 radical (unpaired) electrons. The molecule has 4 aromatic rings. The lowest BCUT2D eigenvalue weighted by Crippen LogP contribution is -2.12. The van der Waals surface area contributed by atoms with Gasteiger partial charge in [-0.3, -0.25) is 10.1 Å². The Hall–Kier alpha value is -3.52. The summed E-state index contributed by atoms with van der Waals surface area (Å²) in [5.41, 5.74) is 4.19. The zero-order valence-corrected chi connectivity index (χ0v) is 15.2. The molecule has 0 aliphatic carbocycles. The summed E-state index contributed by atoms with van der Waals surface area (Å²) in [6.45, 7) is 0. The fourth-order valence-corrected chi connectivity index (χ4v) is 3.07. The van der Waals surface area contributed by atoms with Crippen LogP contribution in [0.2, 0.25) is 0 Å². The molecule has 1 N–H and O–H groups in total. The van der Waals surface area contributed by atoms with Crippen LogP contribution < -0.4 is 10.1 Å². The van der Waals surface area contributed by atoms with E-state index in [0.717, 1.165) is 11.3 Å². The molecule has 0 bridgehead atoms. The van der Waals surface area contributed by atoms with Crippen molar-refractivity contribution in [3.05, 3.63) is 71.9 Å². The second-order valence-corrected chi connectivity index (χ2v) is 6.43. The number of rotatable bonds is 5. The third kappa shape index (κ3) is 3.56. The number of nitrogens with zero attached hydrogens (tertiary/aromatic N) is 4. The number of carbonyl (C=O) groups is 1. The molecule has 0 unspecified atom stereocenters. The normalized spacial score (nSPS) is 10.6. The maximum atomic E-state index is 12.8. The maximum Gasteiger partial charge on any atom is 0.261 e. The average Bonchev–Trinajstić information content (AvgIpc) is 3.38. The lowest BCUT2D eigenvalue weighted by Gasteiger charge is -2.04. The molecule has 0 aliphatic rings. The van der Waals surface area contributed by atoms with Crippen molar-refractivity contribution in [3.8, 4) is 22.7 Å². The topological polar surface area (TPSA) is 81.9 Å². The zero-order chi connectivity index (χ0) is 18.6. The minimum Gasteiger partial charge on any atom is -0.497 e. The molecule has 7 nitrogen and oxygen atoms in total. The number of aromatic nitrogens is 4. The number of hydrogen-bond donors (Lipinski definition) is 1. The Kier molecular flexibility index (Phi) is 4.63. The Balaban J connectivity index is 1.79. The van der Waals surface area contributed by atoms with Crippen LogP contribution in [0.25, 0.3) is 16.9 Å². The summed E-state index contributed by atoms with van der Waals surface area (Å²) < 4.78 is 6.99. The average molecular weight is 377 g/mol. The molecule has 0 fully saturated rings. The van der Waals surface area contributed by atoms with Crippen molar-refractivity contribution in [2.45, 2.75) is 0 Å². The SMILES string of the molecule is COc1cccc(-c2nn(-c3ccccc3)cc2C(=O)Nc2nncs2)c1. The van der Waals surface area contributed by atoms with Gasteiger partial charge in [0.15, 0.2) is 0 Å². The summed E-state index contributed by atoms with van der Waals surface area (Å²) in [6, 6.07) is 17.1. The fraction of sp³-hybridized carbons (Fsp3) is 0.0526. The van der Waals surface area contributed by atoms with Crippen LogP contribution >= 0.6 is 11.3 Å². The van der Waals surface area contributed by atoms with E-state index in [2.05, 4.69) is 20.6 Å². The first-order valence-corrected chi connectivity index (χ1v) is 8.99. The molecule has 2 aromatic carbocycles. The smallest absolute Gasteiger partial charge is 0.261 e. The van der Waals surface area contributed by atoms with Crippen LogP contribution in [0.15, 0.2) is 66.3 Å². The first kappa shape index (κ1) is 16.9. The van der Waals surface area contributed by atoms with E-state index >= 15 is 0 Å². The van der Waals surface area contributed by atoms with Gasteiger partial charge in [0.2, 0.25) is 5.13 Å². The van der Waals surface area contributed by atoms with E-state index in [9.17, 15) is 4.79 Å². The lowest BCUT2D eigenvalue weighted by molar-refractivity contribution is 0.102. The van der Waals surface area contributed by atoms with Crippen LogP contribution in [0.5, 0.6) is 5.75 Å². The van der Waals surface area contributed by atoms with Gasteiger partial charge in [0.1, 0.15) is 17.0 Å². The van der Waals surface area contributed by atoms with Gasteiger partial charge in [-0.1, -0.05) is 41.7 Å². The lowest BCUT2D eigenvalue weighted by atomic mass is 10.1. The Bertz CT molecular complexity index is 1060.